The lowest BCUT2D eigenvalue weighted by molar-refractivity contribution is 0.624. The van der Waals surface area contributed by atoms with Gasteiger partial charge in [-0.1, -0.05) is 6.58 Å². The molecule has 0 bridgehead atoms. The highest BCUT2D eigenvalue weighted by Gasteiger charge is 2.17. The molecule has 1 aliphatic rings. The lowest BCUT2D eigenvalue weighted by atomic mass is 10.1. The Morgan fingerprint density at radius 1 is 1.19 bits per heavy atom. The Morgan fingerprint density at radius 3 is 2.95 bits per heavy atom. The number of nitrogens with zero attached hydrogens (tertiary/aromatic N) is 2. The van der Waals surface area contributed by atoms with E-state index in [1.807, 2.05) is 6.07 Å². The van der Waals surface area contributed by atoms with Crippen molar-refractivity contribution in [3.8, 4) is 11.3 Å². The highest BCUT2D eigenvalue weighted by molar-refractivity contribution is 5.91. The van der Waals surface area contributed by atoms with E-state index in [0.717, 1.165) is 35.5 Å². The number of pyridine rings is 2. The van der Waals surface area contributed by atoms with Crippen LogP contribution in [0, 0.1) is 5.82 Å². The molecule has 4 rings (SSSR count). The van der Waals surface area contributed by atoms with Crippen molar-refractivity contribution in [2.75, 3.05) is 6.54 Å². The lowest BCUT2D eigenvalue weighted by Gasteiger charge is -2.15. The van der Waals surface area contributed by atoms with Gasteiger partial charge in [-0.2, -0.15) is 0 Å². The van der Waals surface area contributed by atoms with Gasteiger partial charge >= 0.3 is 0 Å². The number of H-pyrrole nitrogens is 1. The highest BCUT2D eigenvalue weighted by Crippen LogP contribution is 2.30. The van der Waals surface area contributed by atoms with Crippen molar-refractivity contribution in [2.45, 2.75) is 6.42 Å². The predicted octanol–water partition coefficient (Wildman–Crippen LogP) is 2.88. The fourth-order valence-electron chi connectivity index (χ4n) is 2.77. The number of aromatic nitrogens is 3. The number of aromatic amines is 1. The average molecular weight is 280 g/mol. The van der Waals surface area contributed by atoms with E-state index in [1.165, 1.54) is 18.0 Å². The second-order valence-corrected chi connectivity index (χ2v) is 5.11. The van der Waals surface area contributed by atoms with E-state index in [4.69, 9.17) is 0 Å². The van der Waals surface area contributed by atoms with Crippen LogP contribution < -0.4 is 5.32 Å². The molecule has 0 fully saturated rings. The molecule has 0 aromatic carbocycles. The summed E-state index contributed by atoms with van der Waals surface area (Å²) in [7, 11) is 0. The molecule has 1 aliphatic heterocycles. The number of halogens is 1. The van der Waals surface area contributed by atoms with Crippen LogP contribution in [0.4, 0.5) is 4.39 Å². The topological polar surface area (TPSA) is 53.6 Å². The van der Waals surface area contributed by atoms with E-state index < -0.39 is 0 Å². The van der Waals surface area contributed by atoms with Crippen LogP contribution in [0.25, 0.3) is 28.0 Å². The van der Waals surface area contributed by atoms with E-state index in [1.54, 1.807) is 6.20 Å². The standard InChI is InChI=1S/C16H13FN4/c1-9-12-7-14(21-13(12)3-5-18-9)11-2-4-19-15-6-10(17)8-20-16(11)15/h2,4,6-8,18,21H,1,3,5H2. The van der Waals surface area contributed by atoms with Gasteiger partial charge in [0.05, 0.1) is 17.2 Å². The molecule has 0 aliphatic carbocycles. The summed E-state index contributed by atoms with van der Waals surface area (Å²) in [5.74, 6) is -0.379. The van der Waals surface area contributed by atoms with Crippen LogP contribution >= 0.6 is 0 Å². The molecule has 21 heavy (non-hydrogen) atoms. The summed E-state index contributed by atoms with van der Waals surface area (Å²) in [5.41, 5.74) is 6.31. The van der Waals surface area contributed by atoms with Gasteiger partial charge in [0.15, 0.2) is 0 Å². The minimum atomic E-state index is -0.379. The van der Waals surface area contributed by atoms with Crippen molar-refractivity contribution in [3.05, 3.63) is 54.2 Å². The predicted molar refractivity (Wildman–Crippen MR) is 80.0 cm³/mol. The Morgan fingerprint density at radius 2 is 2.10 bits per heavy atom. The van der Waals surface area contributed by atoms with Gasteiger partial charge in [-0.15, -0.1) is 0 Å². The Kier molecular flexibility index (Phi) is 2.54. The quantitative estimate of drug-likeness (QED) is 0.720. The molecule has 0 saturated heterocycles. The van der Waals surface area contributed by atoms with Gasteiger partial charge in [0.2, 0.25) is 0 Å². The summed E-state index contributed by atoms with van der Waals surface area (Å²) in [6.45, 7) is 4.91. The van der Waals surface area contributed by atoms with Gasteiger partial charge in [0.1, 0.15) is 5.82 Å². The molecule has 0 spiro atoms. The second-order valence-electron chi connectivity index (χ2n) is 5.11. The first-order valence-corrected chi connectivity index (χ1v) is 6.78. The highest BCUT2D eigenvalue weighted by atomic mass is 19.1. The summed E-state index contributed by atoms with van der Waals surface area (Å²) in [5, 5.41) is 3.26. The Hall–Kier alpha value is -2.69. The van der Waals surface area contributed by atoms with Crippen LogP contribution in [-0.2, 0) is 6.42 Å². The number of rotatable bonds is 1. The van der Waals surface area contributed by atoms with Crippen LogP contribution in [0.3, 0.4) is 0 Å². The first-order chi connectivity index (χ1) is 10.2. The van der Waals surface area contributed by atoms with Crippen LogP contribution in [0.1, 0.15) is 11.3 Å². The van der Waals surface area contributed by atoms with Crippen LogP contribution in [0.2, 0.25) is 0 Å². The zero-order chi connectivity index (χ0) is 14.4. The molecule has 104 valence electrons. The number of hydrogen-bond acceptors (Lipinski definition) is 3. The van der Waals surface area contributed by atoms with Gasteiger partial charge in [-0.3, -0.25) is 9.97 Å². The second kappa shape index (κ2) is 4.41. The maximum Gasteiger partial charge on any atom is 0.143 e. The fourth-order valence-corrected chi connectivity index (χ4v) is 2.77. The number of fused-ring (bicyclic) bond motifs is 2. The van der Waals surface area contributed by atoms with E-state index >= 15 is 0 Å². The third-order valence-corrected chi connectivity index (χ3v) is 3.77. The molecular formula is C16H13FN4. The Balaban J connectivity index is 1.93. The largest absolute Gasteiger partial charge is 0.385 e. The van der Waals surface area contributed by atoms with Gasteiger partial charge in [-0.05, 0) is 12.1 Å². The molecule has 3 aromatic heterocycles. The molecule has 0 unspecified atom stereocenters. The Bertz CT molecular complexity index is 866. The monoisotopic (exact) mass is 280 g/mol. The fraction of sp³-hybridized carbons (Fsp3) is 0.125. The maximum absolute atomic E-state index is 13.3. The molecule has 3 aromatic rings. The van der Waals surface area contributed by atoms with Crippen LogP contribution in [-0.4, -0.2) is 21.5 Å². The van der Waals surface area contributed by atoms with Crippen molar-refractivity contribution in [1.29, 1.82) is 0 Å². The van der Waals surface area contributed by atoms with Crippen molar-refractivity contribution < 1.29 is 4.39 Å². The third kappa shape index (κ3) is 1.89. The van der Waals surface area contributed by atoms with E-state index in [2.05, 4.69) is 32.9 Å². The van der Waals surface area contributed by atoms with Crippen molar-refractivity contribution in [3.63, 3.8) is 0 Å². The summed E-state index contributed by atoms with van der Waals surface area (Å²) in [4.78, 5) is 11.8. The van der Waals surface area contributed by atoms with Crippen LogP contribution in [0.15, 0.2) is 37.2 Å². The van der Waals surface area contributed by atoms with E-state index in [-0.39, 0.29) is 5.82 Å². The molecule has 5 heteroatoms. The molecule has 2 N–H and O–H groups in total. The van der Waals surface area contributed by atoms with Gasteiger partial charge in [0, 0.05) is 53.4 Å². The van der Waals surface area contributed by atoms with Crippen molar-refractivity contribution in [1.82, 2.24) is 20.3 Å². The molecule has 0 amide bonds. The first-order valence-electron chi connectivity index (χ1n) is 6.78. The zero-order valence-corrected chi connectivity index (χ0v) is 11.3. The SMILES string of the molecule is C=C1NCCc2[nH]c(-c3ccnc4cc(F)cnc34)cc21. The normalized spacial score (nSPS) is 14.0. The summed E-state index contributed by atoms with van der Waals surface area (Å²) >= 11 is 0. The first kappa shape index (κ1) is 12.1. The lowest BCUT2D eigenvalue weighted by Crippen LogP contribution is -2.21. The smallest absolute Gasteiger partial charge is 0.143 e. The average Bonchev–Trinajstić information content (AvgIpc) is 2.91. The molecule has 4 nitrogen and oxygen atoms in total. The van der Waals surface area contributed by atoms with Crippen molar-refractivity contribution in [2.24, 2.45) is 0 Å². The van der Waals surface area contributed by atoms with Gasteiger partial charge in [0.25, 0.3) is 0 Å². The minimum absolute atomic E-state index is 0.379. The molecule has 0 atom stereocenters. The molecule has 0 saturated carbocycles. The zero-order valence-electron chi connectivity index (χ0n) is 11.3. The summed E-state index contributed by atoms with van der Waals surface area (Å²) < 4.78 is 13.3. The Labute approximate surface area is 120 Å². The van der Waals surface area contributed by atoms with Crippen molar-refractivity contribution >= 4 is 16.7 Å². The molecule has 4 heterocycles. The molecule has 0 radical (unpaired) electrons. The van der Waals surface area contributed by atoms with Gasteiger partial charge < -0.3 is 10.3 Å². The summed E-state index contributed by atoms with van der Waals surface area (Å²) in [6.07, 6.45) is 3.82. The summed E-state index contributed by atoms with van der Waals surface area (Å²) in [6, 6.07) is 5.35. The van der Waals surface area contributed by atoms with Crippen LogP contribution in [0.5, 0.6) is 0 Å². The van der Waals surface area contributed by atoms with E-state index in [9.17, 15) is 4.39 Å². The number of hydrogen-bond donors (Lipinski definition) is 2. The van der Waals surface area contributed by atoms with Gasteiger partial charge in [-0.25, -0.2) is 4.39 Å². The maximum atomic E-state index is 13.3. The minimum Gasteiger partial charge on any atom is -0.385 e. The third-order valence-electron chi connectivity index (χ3n) is 3.77. The molecular weight excluding hydrogens is 267 g/mol. The number of nitrogens with one attached hydrogen (secondary N) is 2. The van der Waals surface area contributed by atoms with E-state index in [0.29, 0.717) is 11.0 Å².